The van der Waals surface area contributed by atoms with Crippen LogP contribution >= 0.6 is 11.8 Å². The number of nitrogens with one attached hydrogen (secondary N) is 1. The van der Waals surface area contributed by atoms with Gasteiger partial charge in [0.25, 0.3) is 0 Å². The molecule has 0 aliphatic heterocycles. The lowest BCUT2D eigenvalue weighted by molar-refractivity contribution is 0.287. The van der Waals surface area contributed by atoms with Crippen molar-refractivity contribution in [2.75, 3.05) is 12.0 Å². The number of hydrogen-bond acceptors (Lipinski definition) is 5. The smallest absolute Gasteiger partial charge is 0.150 e. The standard InChI is InChI=1S/C13H28N2O2S2/c1-13(2,3)18-9-12(15-14)10-6-5-7-11(8-10)19(4,16)17/h10-12,15H,5-9,14H2,1-4H3. The molecule has 0 saturated heterocycles. The van der Waals surface area contributed by atoms with Gasteiger partial charge >= 0.3 is 0 Å². The first-order chi connectivity index (χ1) is 8.63. The van der Waals surface area contributed by atoms with Gasteiger partial charge in [-0.25, -0.2) is 8.42 Å². The minimum atomic E-state index is -2.92. The molecule has 1 saturated carbocycles. The van der Waals surface area contributed by atoms with Crippen LogP contribution in [0.15, 0.2) is 0 Å². The summed E-state index contributed by atoms with van der Waals surface area (Å²) < 4.78 is 23.6. The lowest BCUT2D eigenvalue weighted by Gasteiger charge is -2.34. The summed E-state index contributed by atoms with van der Waals surface area (Å²) in [6.45, 7) is 6.56. The summed E-state index contributed by atoms with van der Waals surface area (Å²) in [5.74, 6) is 6.98. The summed E-state index contributed by atoms with van der Waals surface area (Å²) in [5.41, 5.74) is 2.90. The van der Waals surface area contributed by atoms with Gasteiger partial charge in [-0.1, -0.05) is 27.2 Å². The van der Waals surface area contributed by atoms with Gasteiger partial charge in [-0.2, -0.15) is 11.8 Å². The Balaban J connectivity index is 2.61. The Bertz CT molecular complexity index is 377. The van der Waals surface area contributed by atoms with E-state index in [4.69, 9.17) is 5.84 Å². The van der Waals surface area contributed by atoms with Crippen LogP contribution in [0.25, 0.3) is 0 Å². The number of hydrogen-bond donors (Lipinski definition) is 2. The third-order valence-corrected chi connectivity index (χ3v) is 6.78. The Labute approximate surface area is 122 Å². The first-order valence-corrected chi connectivity index (χ1v) is 9.86. The van der Waals surface area contributed by atoms with Gasteiger partial charge in [0.05, 0.1) is 5.25 Å². The molecule has 0 bridgehead atoms. The molecule has 1 aliphatic carbocycles. The van der Waals surface area contributed by atoms with Crippen LogP contribution in [0.5, 0.6) is 0 Å². The van der Waals surface area contributed by atoms with Crippen molar-refractivity contribution in [3.63, 3.8) is 0 Å². The second-order valence-corrected chi connectivity index (χ2v) is 10.7. The molecule has 4 nitrogen and oxygen atoms in total. The zero-order valence-electron chi connectivity index (χ0n) is 12.5. The number of thioether (sulfide) groups is 1. The molecule has 19 heavy (non-hydrogen) atoms. The molecule has 1 rings (SSSR count). The van der Waals surface area contributed by atoms with Crippen LogP contribution in [0.2, 0.25) is 0 Å². The van der Waals surface area contributed by atoms with Gasteiger partial charge in [0, 0.05) is 22.8 Å². The van der Waals surface area contributed by atoms with E-state index in [0.717, 1.165) is 31.4 Å². The fourth-order valence-corrected chi connectivity index (χ4v) is 4.84. The van der Waals surface area contributed by atoms with Crippen molar-refractivity contribution in [1.82, 2.24) is 5.43 Å². The fourth-order valence-electron chi connectivity index (χ4n) is 2.60. The van der Waals surface area contributed by atoms with E-state index in [1.807, 2.05) is 11.8 Å². The van der Waals surface area contributed by atoms with Gasteiger partial charge in [0.15, 0.2) is 0 Å². The summed E-state index contributed by atoms with van der Waals surface area (Å²) in [7, 11) is -2.92. The molecule has 3 atom stereocenters. The van der Waals surface area contributed by atoms with Gasteiger partial charge in [-0.05, 0) is 25.2 Å². The topological polar surface area (TPSA) is 72.2 Å². The van der Waals surface area contributed by atoms with E-state index >= 15 is 0 Å². The first-order valence-electron chi connectivity index (χ1n) is 6.92. The average Bonchev–Trinajstić information content (AvgIpc) is 2.27. The Kier molecular flexibility index (Phi) is 6.17. The second-order valence-electron chi connectivity index (χ2n) is 6.57. The molecule has 1 fully saturated rings. The van der Waals surface area contributed by atoms with E-state index in [1.165, 1.54) is 6.26 Å². The van der Waals surface area contributed by atoms with Gasteiger partial charge in [-0.3, -0.25) is 11.3 Å². The van der Waals surface area contributed by atoms with Gasteiger partial charge in [-0.15, -0.1) is 0 Å². The summed E-state index contributed by atoms with van der Waals surface area (Å²) in [6, 6.07) is 0.203. The quantitative estimate of drug-likeness (QED) is 0.600. The monoisotopic (exact) mass is 308 g/mol. The molecule has 0 aromatic rings. The summed E-state index contributed by atoms with van der Waals surface area (Å²) in [6.07, 6.45) is 4.97. The molecule has 1 aliphatic rings. The van der Waals surface area contributed by atoms with Crippen molar-refractivity contribution >= 4 is 21.6 Å². The molecule has 3 N–H and O–H groups in total. The Hall–Kier alpha value is 0.220. The van der Waals surface area contributed by atoms with E-state index in [0.29, 0.717) is 5.92 Å². The van der Waals surface area contributed by atoms with Crippen molar-refractivity contribution < 1.29 is 8.42 Å². The van der Waals surface area contributed by atoms with Crippen molar-refractivity contribution in [2.24, 2.45) is 11.8 Å². The third-order valence-electron chi connectivity index (χ3n) is 3.75. The molecular formula is C13H28N2O2S2. The maximum Gasteiger partial charge on any atom is 0.150 e. The van der Waals surface area contributed by atoms with E-state index in [2.05, 4.69) is 26.2 Å². The van der Waals surface area contributed by atoms with Crippen LogP contribution in [0.3, 0.4) is 0 Å². The molecule has 0 amide bonds. The zero-order chi connectivity index (χ0) is 14.7. The molecule has 0 radical (unpaired) electrons. The van der Waals surface area contributed by atoms with E-state index < -0.39 is 9.84 Å². The highest BCUT2D eigenvalue weighted by atomic mass is 32.2. The normalized spacial score (nSPS) is 27.2. The van der Waals surface area contributed by atoms with Crippen LogP contribution < -0.4 is 11.3 Å². The summed E-state index contributed by atoms with van der Waals surface area (Å²) in [4.78, 5) is 0. The molecule has 0 heterocycles. The van der Waals surface area contributed by atoms with Crippen LogP contribution in [0, 0.1) is 5.92 Å². The average molecular weight is 309 g/mol. The van der Waals surface area contributed by atoms with Crippen LogP contribution in [-0.2, 0) is 9.84 Å². The molecule has 114 valence electrons. The minimum Gasteiger partial charge on any atom is -0.271 e. The first kappa shape index (κ1) is 17.3. The number of hydrazine groups is 1. The minimum absolute atomic E-state index is 0.179. The van der Waals surface area contributed by atoms with Crippen LogP contribution in [0.1, 0.15) is 46.5 Å². The van der Waals surface area contributed by atoms with Gasteiger partial charge < -0.3 is 0 Å². The Morgan fingerprint density at radius 1 is 1.37 bits per heavy atom. The summed E-state index contributed by atoms with van der Waals surface area (Å²) in [5, 5.41) is -0.179. The SMILES string of the molecule is CC(C)(C)SCC(NN)C1CCCC(S(C)(=O)=O)C1. The maximum atomic E-state index is 11.7. The molecule has 6 heteroatoms. The molecule has 0 spiro atoms. The number of nitrogens with two attached hydrogens (primary N) is 1. The fraction of sp³-hybridized carbons (Fsp3) is 1.00. The van der Waals surface area contributed by atoms with Gasteiger partial charge in [0.1, 0.15) is 9.84 Å². The van der Waals surface area contributed by atoms with E-state index in [9.17, 15) is 8.42 Å². The predicted molar refractivity (Wildman–Crippen MR) is 83.9 cm³/mol. The van der Waals surface area contributed by atoms with Crippen molar-refractivity contribution in [3.05, 3.63) is 0 Å². The molecular weight excluding hydrogens is 280 g/mol. The lowest BCUT2D eigenvalue weighted by Crippen LogP contribution is -2.46. The van der Waals surface area contributed by atoms with Crippen LogP contribution in [-0.4, -0.2) is 36.5 Å². The highest BCUT2D eigenvalue weighted by Crippen LogP contribution is 2.33. The highest BCUT2D eigenvalue weighted by Gasteiger charge is 2.33. The summed E-state index contributed by atoms with van der Waals surface area (Å²) >= 11 is 1.88. The Morgan fingerprint density at radius 2 is 2.00 bits per heavy atom. The van der Waals surface area contributed by atoms with Crippen LogP contribution in [0.4, 0.5) is 0 Å². The largest absolute Gasteiger partial charge is 0.271 e. The van der Waals surface area contributed by atoms with Crippen molar-refractivity contribution in [1.29, 1.82) is 0 Å². The lowest BCUT2D eigenvalue weighted by atomic mass is 9.84. The van der Waals surface area contributed by atoms with Crippen molar-refractivity contribution in [3.8, 4) is 0 Å². The maximum absolute atomic E-state index is 11.7. The second kappa shape index (κ2) is 6.78. The zero-order valence-corrected chi connectivity index (χ0v) is 14.1. The number of rotatable bonds is 5. The third kappa shape index (κ3) is 6.02. The van der Waals surface area contributed by atoms with E-state index in [-0.39, 0.29) is 16.0 Å². The molecule has 0 aromatic carbocycles. The van der Waals surface area contributed by atoms with Gasteiger partial charge in [0.2, 0.25) is 0 Å². The molecule has 0 aromatic heterocycles. The molecule has 3 unspecified atom stereocenters. The predicted octanol–water partition coefficient (Wildman–Crippen LogP) is 1.95. The highest BCUT2D eigenvalue weighted by molar-refractivity contribution is 8.00. The number of sulfone groups is 1. The van der Waals surface area contributed by atoms with Crippen molar-refractivity contribution in [2.45, 2.75) is 62.5 Å². The Morgan fingerprint density at radius 3 is 2.47 bits per heavy atom. The van der Waals surface area contributed by atoms with E-state index in [1.54, 1.807) is 0 Å².